The summed E-state index contributed by atoms with van der Waals surface area (Å²) in [6.07, 6.45) is 1.43. The second kappa shape index (κ2) is 11.3. The van der Waals surface area contributed by atoms with Gasteiger partial charge in [0.05, 0.1) is 23.4 Å². The van der Waals surface area contributed by atoms with Crippen molar-refractivity contribution >= 4 is 45.6 Å². The molecule has 9 heteroatoms. The van der Waals surface area contributed by atoms with E-state index in [9.17, 15) is 9.59 Å². The van der Waals surface area contributed by atoms with E-state index in [0.29, 0.717) is 32.1 Å². The number of carbonyl (C=O) groups is 2. The van der Waals surface area contributed by atoms with E-state index in [1.165, 1.54) is 13.3 Å². The molecule has 7 nitrogen and oxygen atoms in total. The predicted molar refractivity (Wildman–Crippen MR) is 125 cm³/mol. The largest absolute Gasteiger partial charge is 0.493 e. The molecule has 1 N–H and O–H groups in total. The maximum Gasteiger partial charge on any atom is 0.343 e. The van der Waals surface area contributed by atoms with Gasteiger partial charge in [0.15, 0.2) is 18.1 Å². The molecular formula is C23H18BrClN2O5. The number of hydrogen-bond donors (Lipinski definition) is 1. The van der Waals surface area contributed by atoms with Crippen LogP contribution in [-0.4, -0.2) is 31.8 Å². The molecule has 0 saturated heterocycles. The van der Waals surface area contributed by atoms with Crippen molar-refractivity contribution in [2.75, 3.05) is 13.7 Å². The number of esters is 1. The SMILES string of the molecule is COc1cc(/C=N\NC(=O)COc2ccc(Cl)cc2Br)ccc1OC(=O)c1ccccc1. The molecule has 0 saturated carbocycles. The average Bonchev–Trinajstić information content (AvgIpc) is 2.80. The molecule has 0 aromatic heterocycles. The summed E-state index contributed by atoms with van der Waals surface area (Å²) in [6, 6.07) is 18.5. The van der Waals surface area contributed by atoms with Gasteiger partial charge in [-0.15, -0.1) is 0 Å². The van der Waals surface area contributed by atoms with E-state index < -0.39 is 11.9 Å². The first-order valence-corrected chi connectivity index (χ1v) is 10.5. The molecule has 0 spiro atoms. The highest BCUT2D eigenvalue weighted by Crippen LogP contribution is 2.29. The summed E-state index contributed by atoms with van der Waals surface area (Å²) in [6.45, 7) is -0.227. The smallest absolute Gasteiger partial charge is 0.343 e. The molecule has 32 heavy (non-hydrogen) atoms. The first-order valence-electron chi connectivity index (χ1n) is 9.31. The highest BCUT2D eigenvalue weighted by Gasteiger charge is 2.12. The number of benzene rings is 3. The molecule has 0 bridgehead atoms. The predicted octanol–water partition coefficient (Wildman–Crippen LogP) is 4.86. The van der Waals surface area contributed by atoms with Crippen LogP contribution in [0.2, 0.25) is 5.02 Å². The fraction of sp³-hybridized carbons (Fsp3) is 0.0870. The topological polar surface area (TPSA) is 86.2 Å². The number of methoxy groups -OCH3 is 1. The van der Waals surface area contributed by atoms with Gasteiger partial charge in [0.25, 0.3) is 5.91 Å². The van der Waals surface area contributed by atoms with Gasteiger partial charge in [-0.2, -0.15) is 5.10 Å². The van der Waals surface area contributed by atoms with Crippen LogP contribution in [-0.2, 0) is 4.79 Å². The van der Waals surface area contributed by atoms with E-state index in [0.717, 1.165) is 0 Å². The number of ether oxygens (including phenoxy) is 3. The maximum absolute atomic E-state index is 12.2. The van der Waals surface area contributed by atoms with E-state index in [2.05, 4.69) is 26.5 Å². The fourth-order valence-corrected chi connectivity index (χ4v) is 3.33. The highest BCUT2D eigenvalue weighted by molar-refractivity contribution is 9.10. The first kappa shape index (κ1) is 23.3. The lowest BCUT2D eigenvalue weighted by Gasteiger charge is -2.10. The van der Waals surface area contributed by atoms with Crippen molar-refractivity contribution < 1.29 is 23.8 Å². The fourth-order valence-electron chi connectivity index (χ4n) is 2.53. The second-order valence-electron chi connectivity index (χ2n) is 6.32. The molecule has 3 aromatic rings. The molecule has 0 unspecified atom stereocenters. The molecule has 0 radical (unpaired) electrons. The number of nitrogens with zero attached hydrogens (tertiary/aromatic N) is 1. The summed E-state index contributed by atoms with van der Waals surface area (Å²) >= 11 is 9.19. The monoisotopic (exact) mass is 516 g/mol. The molecule has 0 heterocycles. The zero-order valence-electron chi connectivity index (χ0n) is 16.9. The maximum atomic E-state index is 12.2. The zero-order chi connectivity index (χ0) is 22.9. The molecular weight excluding hydrogens is 500 g/mol. The summed E-state index contributed by atoms with van der Waals surface area (Å²) in [5.74, 6) is 0.164. The Morgan fingerprint density at radius 2 is 1.78 bits per heavy atom. The number of halogens is 2. The summed E-state index contributed by atoms with van der Waals surface area (Å²) in [4.78, 5) is 24.2. The third-order valence-corrected chi connectivity index (χ3v) is 4.91. The van der Waals surface area contributed by atoms with Crippen molar-refractivity contribution in [1.82, 2.24) is 5.43 Å². The summed E-state index contributed by atoms with van der Waals surface area (Å²) < 4.78 is 16.8. The van der Waals surface area contributed by atoms with Crippen LogP contribution in [0.1, 0.15) is 15.9 Å². The molecule has 0 fully saturated rings. The Labute approximate surface area is 198 Å². The van der Waals surface area contributed by atoms with Gasteiger partial charge in [-0.25, -0.2) is 10.2 Å². The van der Waals surface area contributed by atoms with Crippen LogP contribution >= 0.6 is 27.5 Å². The molecule has 3 aromatic carbocycles. The van der Waals surface area contributed by atoms with E-state index in [1.807, 2.05) is 6.07 Å². The molecule has 0 aliphatic heterocycles. The number of rotatable bonds is 8. The Hall–Kier alpha value is -3.36. The Balaban J connectivity index is 1.56. The zero-order valence-corrected chi connectivity index (χ0v) is 19.2. The van der Waals surface area contributed by atoms with Gasteiger partial charge >= 0.3 is 5.97 Å². The van der Waals surface area contributed by atoms with E-state index in [-0.39, 0.29) is 12.4 Å². The number of hydrogen-bond acceptors (Lipinski definition) is 6. The van der Waals surface area contributed by atoms with Gasteiger partial charge in [0, 0.05) is 5.02 Å². The van der Waals surface area contributed by atoms with Gasteiger partial charge < -0.3 is 14.2 Å². The quantitative estimate of drug-likeness (QED) is 0.200. The van der Waals surface area contributed by atoms with Gasteiger partial charge in [-0.3, -0.25) is 4.79 Å². The molecule has 0 aliphatic rings. The van der Waals surface area contributed by atoms with Crippen LogP contribution in [0.25, 0.3) is 0 Å². The second-order valence-corrected chi connectivity index (χ2v) is 7.61. The van der Waals surface area contributed by atoms with Crippen LogP contribution in [0.4, 0.5) is 0 Å². The van der Waals surface area contributed by atoms with Gasteiger partial charge in [-0.1, -0.05) is 29.8 Å². The van der Waals surface area contributed by atoms with E-state index in [4.69, 9.17) is 25.8 Å². The third-order valence-electron chi connectivity index (χ3n) is 4.06. The van der Waals surface area contributed by atoms with Crippen LogP contribution in [0.5, 0.6) is 17.2 Å². The Morgan fingerprint density at radius 3 is 2.50 bits per heavy atom. The Morgan fingerprint density at radius 1 is 1.03 bits per heavy atom. The third kappa shape index (κ3) is 6.57. The molecule has 0 aliphatic carbocycles. The minimum absolute atomic E-state index is 0.227. The summed E-state index contributed by atoms with van der Waals surface area (Å²) in [7, 11) is 1.46. The van der Waals surface area contributed by atoms with E-state index in [1.54, 1.807) is 60.7 Å². The van der Waals surface area contributed by atoms with Crippen molar-refractivity contribution in [2.45, 2.75) is 0 Å². The van der Waals surface area contributed by atoms with Crippen LogP contribution < -0.4 is 19.6 Å². The first-order chi connectivity index (χ1) is 15.5. The van der Waals surface area contributed by atoms with Crippen LogP contribution in [0.15, 0.2) is 76.3 Å². The summed E-state index contributed by atoms with van der Waals surface area (Å²) in [5, 5.41) is 4.45. The average molecular weight is 518 g/mol. The highest BCUT2D eigenvalue weighted by atomic mass is 79.9. The lowest BCUT2D eigenvalue weighted by atomic mass is 10.2. The minimum atomic E-state index is -0.495. The standard InChI is InChI=1S/C23H18BrClN2O5/c1-30-21-11-15(7-9-20(21)32-23(29)16-5-3-2-4-6-16)13-26-27-22(28)14-31-19-10-8-17(25)12-18(19)24/h2-13H,14H2,1H3,(H,27,28)/b26-13-. The molecule has 164 valence electrons. The van der Waals surface area contributed by atoms with Gasteiger partial charge in [-0.05, 0) is 70.0 Å². The Bertz CT molecular complexity index is 1140. The van der Waals surface area contributed by atoms with Crippen molar-refractivity contribution in [3.8, 4) is 17.2 Å². The van der Waals surface area contributed by atoms with Crippen molar-refractivity contribution in [3.63, 3.8) is 0 Å². The molecule has 3 rings (SSSR count). The Kier molecular flexibility index (Phi) is 8.24. The van der Waals surface area contributed by atoms with Crippen molar-refractivity contribution in [1.29, 1.82) is 0 Å². The normalized spacial score (nSPS) is 10.6. The van der Waals surface area contributed by atoms with Gasteiger partial charge in [0.1, 0.15) is 5.75 Å². The number of hydrazone groups is 1. The molecule has 1 amide bonds. The lowest BCUT2D eigenvalue weighted by molar-refractivity contribution is -0.123. The number of amides is 1. The van der Waals surface area contributed by atoms with Crippen LogP contribution in [0, 0.1) is 0 Å². The van der Waals surface area contributed by atoms with E-state index >= 15 is 0 Å². The van der Waals surface area contributed by atoms with Gasteiger partial charge in [0.2, 0.25) is 0 Å². The number of carbonyl (C=O) groups excluding carboxylic acids is 2. The van der Waals surface area contributed by atoms with Crippen molar-refractivity contribution in [3.05, 3.63) is 87.4 Å². The lowest BCUT2D eigenvalue weighted by Crippen LogP contribution is -2.24. The minimum Gasteiger partial charge on any atom is -0.493 e. The molecule has 0 atom stereocenters. The summed E-state index contributed by atoms with van der Waals surface area (Å²) in [5.41, 5.74) is 3.43. The number of nitrogens with one attached hydrogen (secondary N) is 1. The van der Waals surface area contributed by atoms with Crippen LogP contribution in [0.3, 0.4) is 0 Å². The van der Waals surface area contributed by atoms with Crippen molar-refractivity contribution in [2.24, 2.45) is 5.10 Å².